The lowest BCUT2D eigenvalue weighted by molar-refractivity contribution is 0.202. The first-order chi connectivity index (χ1) is 13.3. The van der Waals surface area contributed by atoms with Crippen molar-refractivity contribution in [1.29, 1.82) is 0 Å². The van der Waals surface area contributed by atoms with Gasteiger partial charge in [-0.05, 0) is 49.2 Å². The van der Waals surface area contributed by atoms with Crippen molar-refractivity contribution in [2.75, 3.05) is 6.16 Å². The van der Waals surface area contributed by atoms with Crippen LogP contribution in [-0.4, -0.2) is 17.4 Å². The average molecular weight is 375 g/mol. The Bertz CT molecular complexity index is 731. The first kappa shape index (κ1) is 19.5. The molecular formula is C25H28OP+. The van der Waals surface area contributed by atoms with Crippen LogP contribution in [0.25, 0.3) is 0 Å². The highest BCUT2D eigenvalue weighted by atomic mass is 31.2. The van der Waals surface area contributed by atoms with E-state index in [1.54, 1.807) is 0 Å². The molecule has 0 aliphatic rings. The van der Waals surface area contributed by atoms with Crippen molar-refractivity contribution in [2.45, 2.75) is 25.9 Å². The molecule has 3 aromatic rings. The van der Waals surface area contributed by atoms with Gasteiger partial charge in [-0.25, -0.2) is 0 Å². The molecule has 1 N–H and O–H groups in total. The molecule has 0 saturated heterocycles. The fourth-order valence-corrected chi connectivity index (χ4v) is 7.97. The van der Waals surface area contributed by atoms with Gasteiger partial charge in [-0.1, -0.05) is 73.7 Å². The maximum Gasteiger partial charge on any atom is 0.114 e. The highest BCUT2D eigenvalue weighted by Crippen LogP contribution is 2.55. The predicted molar refractivity (Wildman–Crippen MR) is 120 cm³/mol. The Morgan fingerprint density at radius 3 is 1.48 bits per heavy atom. The van der Waals surface area contributed by atoms with Crippen molar-refractivity contribution in [3.63, 3.8) is 0 Å². The third kappa shape index (κ3) is 4.56. The number of hydrogen-bond donors (Lipinski definition) is 1. The maximum atomic E-state index is 11.0. The predicted octanol–water partition coefficient (Wildman–Crippen LogP) is 4.70. The number of aliphatic hydroxyl groups excluding tert-OH is 1. The molecule has 3 rings (SSSR count). The van der Waals surface area contributed by atoms with E-state index in [1.807, 2.05) is 0 Å². The molecule has 0 fully saturated rings. The highest BCUT2D eigenvalue weighted by molar-refractivity contribution is 7.95. The number of hydrogen-bond acceptors (Lipinski definition) is 1. The second-order valence-corrected chi connectivity index (χ2v) is 10.3. The van der Waals surface area contributed by atoms with E-state index in [9.17, 15) is 5.11 Å². The molecule has 0 heterocycles. The van der Waals surface area contributed by atoms with Gasteiger partial charge in [0.25, 0.3) is 0 Å². The smallest absolute Gasteiger partial charge is 0.114 e. The molecule has 3 aromatic carbocycles. The van der Waals surface area contributed by atoms with Gasteiger partial charge in [0.1, 0.15) is 23.2 Å². The van der Waals surface area contributed by atoms with Gasteiger partial charge in [0.15, 0.2) is 0 Å². The molecule has 0 amide bonds. The first-order valence-electron chi connectivity index (χ1n) is 9.65. The van der Waals surface area contributed by atoms with Gasteiger partial charge in [-0.3, -0.25) is 0 Å². The van der Waals surface area contributed by atoms with Crippen LogP contribution in [-0.2, 0) is 0 Å². The van der Waals surface area contributed by atoms with Crippen molar-refractivity contribution in [1.82, 2.24) is 0 Å². The van der Waals surface area contributed by atoms with Crippen molar-refractivity contribution in [3.8, 4) is 0 Å². The van der Waals surface area contributed by atoms with Crippen LogP contribution in [0.2, 0.25) is 0 Å². The third-order valence-electron chi connectivity index (χ3n) is 4.89. The van der Waals surface area contributed by atoms with Gasteiger partial charge in [0.05, 0.1) is 12.3 Å². The summed E-state index contributed by atoms with van der Waals surface area (Å²) >= 11 is 0. The summed E-state index contributed by atoms with van der Waals surface area (Å²) in [5.41, 5.74) is 0. The summed E-state index contributed by atoms with van der Waals surface area (Å²) < 4.78 is 0. The van der Waals surface area contributed by atoms with Crippen molar-refractivity contribution < 1.29 is 5.11 Å². The summed E-state index contributed by atoms with van der Waals surface area (Å²) in [5.74, 6) is 0. The van der Waals surface area contributed by atoms with Crippen LogP contribution in [0, 0.1) is 0 Å². The SMILES string of the molecule is CCC=CCC(O)C[P+](c1ccccc1)(c1ccccc1)c1ccccc1. The van der Waals surface area contributed by atoms with Gasteiger partial charge < -0.3 is 5.11 Å². The van der Waals surface area contributed by atoms with Crippen LogP contribution >= 0.6 is 7.26 Å². The Kier molecular flexibility index (Phi) is 6.98. The summed E-state index contributed by atoms with van der Waals surface area (Å²) in [4.78, 5) is 0. The normalized spacial score (nSPS) is 13.0. The van der Waals surface area contributed by atoms with E-state index in [4.69, 9.17) is 0 Å². The minimum atomic E-state index is -1.94. The van der Waals surface area contributed by atoms with Crippen LogP contribution in [0.15, 0.2) is 103 Å². The standard InChI is InChI=1S/C25H28OP/c1-2-3-7-14-22(26)21-27(23-15-8-4-9-16-23,24-17-10-5-11-18-24)25-19-12-6-13-20-25/h3-13,15-20,22,26H,2,14,21H2,1H3/q+1. The Hall–Kier alpha value is -2.21. The highest BCUT2D eigenvalue weighted by Gasteiger charge is 2.46. The van der Waals surface area contributed by atoms with E-state index >= 15 is 0 Å². The summed E-state index contributed by atoms with van der Waals surface area (Å²) in [6.07, 6.45) is 6.32. The summed E-state index contributed by atoms with van der Waals surface area (Å²) in [5, 5.41) is 14.9. The van der Waals surface area contributed by atoms with Crippen LogP contribution < -0.4 is 15.9 Å². The molecule has 0 saturated carbocycles. The van der Waals surface area contributed by atoms with E-state index in [2.05, 4.69) is 110 Å². The Balaban J connectivity index is 2.15. The van der Waals surface area contributed by atoms with E-state index in [0.717, 1.165) is 12.6 Å². The van der Waals surface area contributed by atoms with E-state index in [0.29, 0.717) is 6.42 Å². The van der Waals surface area contributed by atoms with Gasteiger partial charge in [-0.15, -0.1) is 0 Å². The molecule has 1 unspecified atom stereocenters. The quantitative estimate of drug-likeness (QED) is 0.447. The van der Waals surface area contributed by atoms with Gasteiger partial charge >= 0.3 is 0 Å². The number of aliphatic hydroxyl groups is 1. The lowest BCUT2D eigenvalue weighted by Gasteiger charge is -2.29. The number of rotatable bonds is 8. The first-order valence-corrected chi connectivity index (χ1v) is 11.6. The zero-order valence-corrected chi connectivity index (χ0v) is 16.8. The van der Waals surface area contributed by atoms with E-state index in [-0.39, 0.29) is 6.10 Å². The minimum Gasteiger partial charge on any atom is -0.389 e. The average Bonchev–Trinajstić information content (AvgIpc) is 2.74. The molecule has 27 heavy (non-hydrogen) atoms. The second-order valence-electron chi connectivity index (χ2n) is 6.77. The Morgan fingerprint density at radius 2 is 1.11 bits per heavy atom. The molecule has 0 aliphatic heterocycles. The molecule has 138 valence electrons. The lowest BCUT2D eigenvalue weighted by Crippen LogP contribution is -2.36. The summed E-state index contributed by atoms with van der Waals surface area (Å²) in [7, 11) is -1.94. The van der Waals surface area contributed by atoms with E-state index < -0.39 is 7.26 Å². The largest absolute Gasteiger partial charge is 0.389 e. The second kappa shape index (κ2) is 9.65. The van der Waals surface area contributed by atoms with Crippen LogP contribution in [0.3, 0.4) is 0 Å². The molecular weight excluding hydrogens is 347 g/mol. The van der Waals surface area contributed by atoms with Gasteiger partial charge in [0.2, 0.25) is 0 Å². The molecule has 1 nitrogen and oxygen atoms in total. The maximum absolute atomic E-state index is 11.0. The van der Waals surface area contributed by atoms with Crippen molar-refractivity contribution in [2.24, 2.45) is 0 Å². The fraction of sp³-hybridized carbons (Fsp3) is 0.200. The zero-order valence-electron chi connectivity index (χ0n) is 15.9. The zero-order chi connectivity index (χ0) is 19.0. The van der Waals surface area contributed by atoms with Gasteiger partial charge in [-0.2, -0.15) is 0 Å². The van der Waals surface area contributed by atoms with Crippen molar-refractivity contribution in [3.05, 3.63) is 103 Å². The molecule has 2 heteroatoms. The Labute approximate surface area is 163 Å². The Morgan fingerprint density at radius 1 is 0.704 bits per heavy atom. The lowest BCUT2D eigenvalue weighted by atomic mass is 10.2. The molecule has 1 atom stereocenters. The van der Waals surface area contributed by atoms with Gasteiger partial charge in [0, 0.05) is 0 Å². The number of benzene rings is 3. The summed E-state index contributed by atoms with van der Waals surface area (Å²) in [6, 6.07) is 32.2. The molecule has 0 bridgehead atoms. The monoisotopic (exact) mass is 375 g/mol. The van der Waals surface area contributed by atoms with Crippen LogP contribution in [0.5, 0.6) is 0 Å². The number of allylic oxidation sites excluding steroid dienone is 1. The fourth-order valence-electron chi connectivity index (χ4n) is 3.62. The van der Waals surface area contributed by atoms with Crippen molar-refractivity contribution >= 4 is 23.2 Å². The van der Waals surface area contributed by atoms with Crippen LogP contribution in [0.1, 0.15) is 19.8 Å². The topological polar surface area (TPSA) is 20.2 Å². The molecule has 0 aliphatic carbocycles. The third-order valence-corrected chi connectivity index (χ3v) is 9.39. The summed E-state index contributed by atoms with van der Waals surface area (Å²) in [6.45, 7) is 2.12. The minimum absolute atomic E-state index is 0.373. The van der Waals surface area contributed by atoms with E-state index in [1.165, 1.54) is 15.9 Å². The van der Waals surface area contributed by atoms with Crippen LogP contribution in [0.4, 0.5) is 0 Å². The molecule has 0 radical (unpaired) electrons. The molecule has 0 spiro atoms. The molecule has 0 aromatic heterocycles.